The smallest absolute Gasteiger partial charge is 0.272 e. The number of nitrogens with one attached hydrogen (secondary N) is 2. The molecule has 4 heterocycles. The van der Waals surface area contributed by atoms with Gasteiger partial charge in [-0.25, -0.2) is 5.10 Å². The molecule has 1 fully saturated rings. The summed E-state index contributed by atoms with van der Waals surface area (Å²) in [6.45, 7) is 3.96. The van der Waals surface area contributed by atoms with E-state index >= 15 is 0 Å². The van der Waals surface area contributed by atoms with Gasteiger partial charge in [0.25, 0.3) is 11.1 Å². The zero-order valence-corrected chi connectivity index (χ0v) is 17.2. The molecule has 8 heteroatoms. The van der Waals surface area contributed by atoms with Gasteiger partial charge >= 0.3 is 0 Å². The molecule has 1 amide bonds. The maximum Gasteiger partial charge on any atom is 0.272 e. The molecule has 5 rings (SSSR count). The minimum Gasteiger partial charge on any atom is -0.354 e. The van der Waals surface area contributed by atoms with Crippen molar-refractivity contribution in [1.82, 2.24) is 25.0 Å². The van der Waals surface area contributed by atoms with Crippen molar-refractivity contribution in [2.45, 2.75) is 25.3 Å². The molecule has 1 aromatic carbocycles. The van der Waals surface area contributed by atoms with Gasteiger partial charge < -0.3 is 14.8 Å². The van der Waals surface area contributed by atoms with Gasteiger partial charge in [-0.3, -0.25) is 14.4 Å². The SMILES string of the molecule is O=C(Cc1n[nH]c(=O)c2ccccc12)NCCN1C[C@H]2C[C@@H](C1)c1cccc(=O)n1C2. The molecule has 0 saturated carbocycles. The average Bonchev–Trinajstić information content (AvgIpc) is 2.77. The Morgan fingerprint density at radius 1 is 1.06 bits per heavy atom. The number of likely N-dealkylation sites (tertiary alicyclic amines) is 1. The van der Waals surface area contributed by atoms with E-state index in [2.05, 4.69) is 26.5 Å². The first-order chi connectivity index (χ1) is 15.1. The lowest BCUT2D eigenvalue weighted by Crippen LogP contribution is -2.48. The molecule has 0 spiro atoms. The quantitative estimate of drug-likeness (QED) is 0.639. The van der Waals surface area contributed by atoms with E-state index in [1.54, 1.807) is 18.2 Å². The lowest BCUT2D eigenvalue weighted by atomic mass is 9.83. The largest absolute Gasteiger partial charge is 0.354 e. The van der Waals surface area contributed by atoms with Crippen LogP contribution >= 0.6 is 0 Å². The molecule has 2 bridgehead atoms. The summed E-state index contributed by atoms with van der Waals surface area (Å²) in [4.78, 5) is 38.9. The highest BCUT2D eigenvalue weighted by molar-refractivity contribution is 5.88. The topological polar surface area (TPSA) is 100 Å². The number of hydrogen-bond acceptors (Lipinski definition) is 5. The summed E-state index contributed by atoms with van der Waals surface area (Å²) in [5.74, 6) is 0.728. The van der Waals surface area contributed by atoms with Gasteiger partial charge in [-0.1, -0.05) is 24.3 Å². The second kappa shape index (κ2) is 8.11. The molecule has 8 nitrogen and oxygen atoms in total. The molecule has 2 aromatic heterocycles. The molecule has 0 aliphatic carbocycles. The fourth-order valence-corrected chi connectivity index (χ4v) is 5.05. The van der Waals surface area contributed by atoms with E-state index in [1.165, 1.54) is 0 Å². The number of nitrogens with zero attached hydrogens (tertiary/aromatic N) is 3. The van der Waals surface area contributed by atoms with E-state index in [1.807, 2.05) is 22.8 Å². The lowest BCUT2D eigenvalue weighted by Gasteiger charge is -2.42. The Morgan fingerprint density at radius 3 is 2.77 bits per heavy atom. The number of pyridine rings is 1. The van der Waals surface area contributed by atoms with Crippen LogP contribution in [0.5, 0.6) is 0 Å². The minimum atomic E-state index is -0.251. The average molecular weight is 419 g/mol. The number of carbonyl (C=O) groups is 1. The summed E-state index contributed by atoms with van der Waals surface area (Å²) >= 11 is 0. The first kappa shape index (κ1) is 19.7. The number of carbonyl (C=O) groups excluding carboxylic acids is 1. The summed E-state index contributed by atoms with van der Waals surface area (Å²) in [5.41, 5.74) is 1.55. The predicted octanol–water partition coefficient (Wildman–Crippen LogP) is 0.863. The number of aromatic amines is 1. The van der Waals surface area contributed by atoms with Gasteiger partial charge in [-0.15, -0.1) is 0 Å². The normalized spacial score (nSPS) is 20.4. The third-order valence-corrected chi connectivity index (χ3v) is 6.41. The summed E-state index contributed by atoms with van der Waals surface area (Å²) in [5, 5.41) is 10.8. The van der Waals surface area contributed by atoms with Crippen LogP contribution in [0.4, 0.5) is 0 Å². The number of hydrogen-bond donors (Lipinski definition) is 2. The van der Waals surface area contributed by atoms with Crippen molar-refractivity contribution >= 4 is 16.7 Å². The van der Waals surface area contributed by atoms with E-state index in [4.69, 9.17) is 0 Å². The van der Waals surface area contributed by atoms with Gasteiger partial charge in [-0.2, -0.15) is 5.10 Å². The Morgan fingerprint density at radius 2 is 1.90 bits per heavy atom. The number of aromatic nitrogens is 3. The number of rotatable bonds is 5. The molecule has 2 atom stereocenters. The highest BCUT2D eigenvalue weighted by atomic mass is 16.2. The molecule has 1 saturated heterocycles. The Balaban J connectivity index is 1.18. The van der Waals surface area contributed by atoms with Crippen molar-refractivity contribution < 1.29 is 4.79 Å². The van der Waals surface area contributed by atoms with Crippen LogP contribution in [0, 0.1) is 5.92 Å². The summed E-state index contributed by atoms with van der Waals surface area (Å²) in [6.07, 6.45) is 1.25. The van der Waals surface area contributed by atoms with E-state index in [9.17, 15) is 14.4 Å². The fourth-order valence-electron chi connectivity index (χ4n) is 5.05. The molecular formula is C23H25N5O3. The summed E-state index contributed by atoms with van der Waals surface area (Å²) in [7, 11) is 0. The van der Waals surface area contributed by atoms with Gasteiger partial charge in [0.2, 0.25) is 5.91 Å². The Labute approximate surface area is 178 Å². The molecular weight excluding hydrogens is 394 g/mol. The van der Waals surface area contributed by atoms with Crippen LogP contribution in [0.3, 0.4) is 0 Å². The second-order valence-corrected chi connectivity index (χ2v) is 8.53. The van der Waals surface area contributed by atoms with Crippen LogP contribution in [0.25, 0.3) is 10.8 Å². The van der Waals surface area contributed by atoms with Crippen molar-refractivity contribution in [3.63, 3.8) is 0 Å². The van der Waals surface area contributed by atoms with Crippen molar-refractivity contribution in [2.24, 2.45) is 5.92 Å². The molecule has 2 aliphatic heterocycles. The monoisotopic (exact) mass is 419 g/mol. The van der Waals surface area contributed by atoms with Gasteiger partial charge in [0.15, 0.2) is 0 Å². The first-order valence-electron chi connectivity index (χ1n) is 10.7. The number of fused-ring (bicyclic) bond motifs is 5. The number of benzene rings is 1. The van der Waals surface area contributed by atoms with Crippen LogP contribution in [-0.4, -0.2) is 51.8 Å². The Kier molecular flexibility index (Phi) is 5.15. The molecule has 31 heavy (non-hydrogen) atoms. The van der Waals surface area contributed by atoms with Crippen molar-refractivity contribution in [2.75, 3.05) is 26.2 Å². The van der Waals surface area contributed by atoms with Crippen LogP contribution in [0.1, 0.15) is 23.7 Å². The molecule has 2 N–H and O–H groups in total. The fraction of sp³-hybridized carbons (Fsp3) is 0.391. The van der Waals surface area contributed by atoms with Crippen LogP contribution in [0.2, 0.25) is 0 Å². The lowest BCUT2D eigenvalue weighted by molar-refractivity contribution is -0.120. The summed E-state index contributed by atoms with van der Waals surface area (Å²) in [6, 6.07) is 12.7. The second-order valence-electron chi connectivity index (χ2n) is 8.53. The van der Waals surface area contributed by atoms with Crippen LogP contribution in [-0.2, 0) is 17.8 Å². The third-order valence-electron chi connectivity index (χ3n) is 6.41. The van der Waals surface area contributed by atoms with E-state index in [0.29, 0.717) is 34.8 Å². The van der Waals surface area contributed by atoms with Crippen LogP contribution in [0.15, 0.2) is 52.1 Å². The number of piperidine rings is 1. The molecule has 160 valence electrons. The molecule has 0 unspecified atom stereocenters. The van der Waals surface area contributed by atoms with Gasteiger partial charge in [-0.05, 0) is 24.5 Å². The van der Waals surface area contributed by atoms with Gasteiger partial charge in [0.05, 0.1) is 17.5 Å². The Hall–Kier alpha value is -3.26. The highest BCUT2D eigenvalue weighted by Crippen LogP contribution is 2.34. The Bertz CT molecular complexity index is 1250. The zero-order chi connectivity index (χ0) is 21.4. The number of amides is 1. The van der Waals surface area contributed by atoms with Crippen molar-refractivity contribution in [1.29, 1.82) is 0 Å². The van der Waals surface area contributed by atoms with Crippen molar-refractivity contribution in [3.8, 4) is 0 Å². The summed E-state index contributed by atoms with van der Waals surface area (Å²) < 4.78 is 1.93. The standard InChI is InChI=1S/C23H25N5O3/c29-21(11-19-17-4-1-2-5-18(17)23(31)26-25-19)24-8-9-27-12-15-10-16(14-27)20-6-3-7-22(30)28(20)13-15/h1-7,15-16H,8-14H2,(H,24,29)(H,26,31)/t15-,16+/m1/s1. The van der Waals surface area contributed by atoms with Crippen LogP contribution < -0.4 is 16.4 Å². The van der Waals surface area contributed by atoms with Gasteiger partial charge in [0, 0.05) is 55.8 Å². The first-order valence-corrected chi connectivity index (χ1v) is 10.7. The van der Waals surface area contributed by atoms with E-state index < -0.39 is 0 Å². The van der Waals surface area contributed by atoms with E-state index in [0.717, 1.165) is 38.3 Å². The van der Waals surface area contributed by atoms with E-state index in [-0.39, 0.29) is 23.4 Å². The maximum absolute atomic E-state index is 12.5. The molecule has 2 aliphatic rings. The third kappa shape index (κ3) is 3.90. The molecule has 0 radical (unpaired) electrons. The molecule has 3 aromatic rings. The minimum absolute atomic E-state index is 0.0938. The highest BCUT2D eigenvalue weighted by Gasteiger charge is 2.34. The van der Waals surface area contributed by atoms with Crippen molar-refractivity contribution in [3.05, 3.63) is 74.6 Å². The number of H-pyrrole nitrogens is 1. The predicted molar refractivity (Wildman–Crippen MR) is 117 cm³/mol. The van der Waals surface area contributed by atoms with Gasteiger partial charge in [0.1, 0.15) is 0 Å². The maximum atomic E-state index is 12.5. The zero-order valence-electron chi connectivity index (χ0n) is 17.2.